The number of hydrogen-bond donors (Lipinski definition) is 5. The maximum Gasteiger partial charge on any atom is 0.408 e. The molecule has 6 N–H and O–H groups in total. The van der Waals surface area contributed by atoms with E-state index in [1.54, 1.807) is 20.8 Å². The highest BCUT2D eigenvalue weighted by Gasteiger charge is 2.29. The molecule has 0 saturated carbocycles. The molecule has 0 aromatic rings. The van der Waals surface area contributed by atoms with Crippen LogP contribution >= 0.6 is 0 Å². The van der Waals surface area contributed by atoms with Gasteiger partial charge in [0.05, 0.1) is 0 Å². The van der Waals surface area contributed by atoms with E-state index in [4.69, 9.17) is 10.5 Å². The van der Waals surface area contributed by atoms with Crippen molar-refractivity contribution in [2.75, 3.05) is 6.54 Å². The highest BCUT2D eigenvalue weighted by Crippen LogP contribution is 2.11. The van der Waals surface area contributed by atoms with Gasteiger partial charge in [-0.2, -0.15) is 0 Å². The van der Waals surface area contributed by atoms with Crippen LogP contribution in [0.1, 0.15) is 87.0 Å². The van der Waals surface area contributed by atoms with Gasteiger partial charge in [-0.15, -0.1) is 0 Å². The minimum absolute atomic E-state index is 0.107. The summed E-state index contributed by atoms with van der Waals surface area (Å²) < 4.78 is 5.27. The molecule has 0 aromatic heterocycles. The number of hydrogen-bond acceptors (Lipinski definition) is 6. The van der Waals surface area contributed by atoms with Crippen LogP contribution in [0.3, 0.4) is 0 Å². The fraction of sp³-hybridized carbons (Fsp3) is 0.826. The Morgan fingerprint density at radius 1 is 0.788 bits per heavy atom. The summed E-state index contributed by atoms with van der Waals surface area (Å²) in [7, 11) is 0. The van der Waals surface area contributed by atoms with Gasteiger partial charge in [-0.05, 0) is 64.8 Å². The Kier molecular flexibility index (Phi) is 14.4. The molecule has 0 heterocycles. The molecule has 0 aliphatic carbocycles. The number of carbonyl (C=O) groups excluding carboxylic acids is 4. The Labute approximate surface area is 198 Å². The van der Waals surface area contributed by atoms with Crippen LogP contribution in [0.2, 0.25) is 0 Å². The molecule has 2 atom stereocenters. The molecular formula is C23H45N5O5. The zero-order valence-electron chi connectivity index (χ0n) is 21.4. The lowest BCUT2D eigenvalue weighted by Gasteiger charge is -2.26. The van der Waals surface area contributed by atoms with E-state index in [9.17, 15) is 19.2 Å². The molecule has 0 aliphatic rings. The fourth-order valence-electron chi connectivity index (χ4n) is 3.02. The fourth-order valence-corrected chi connectivity index (χ4v) is 3.02. The molecule has 0 saturated heterocycles. The van der Waals surface area contributed by atoms with E-state index in [-0.39, 0.29) is 24.2 Å². The Balaban J connectivity index is 5.06. The minimum atomic E-state index is -0.870. The van der Waals surface area contributed by atoms with Crippen molar-refractivity contribution >= 4 is 23.8 Å². The van der Waals surface area contributed by atoms with E-state index in [2.05, 4.69) is 21.5 Å². The van der Waals surface area contributed by atoms with E-state index in [0.717, 1.165) is 12.8 Å². The van der Waals surface area contributed by atoms with Gasteiger partial charge < -0.3 is 21.1 Å². The van der Waals surface area contributed by atoms with Gasteiger partial charge in [0.1, 0.15) is 17.7 Å². The predicted octanol–water partition coefficient (Wildman–Crippen LogP) is 2.12. The summed E-state index contributed by atoms with van der Waals surface area (Å²) in [6.45, 7) is 13.5. The number of unbranched alkanes of at least 4 members (excludes halogenated alkanes) is 2. The molecule has 4 amide bonds. The molecule has 0 unspecified atom stereocenters. The van der Waals surface area contributed by atoms with Crippen LogP contribution in [-0.2, 0) is 19.1 Å². The summed E-state index contributed by atoms with van der Waals surface area (Å²) in [6, 6.07) is -1.73. The predicted molar refractivity (Wildman–Crippen MR) is 128 cm³/mol. The summed E-state index contributed by atoms with van der Waals surface area (Å²) in [5.41, 5.74) is 9.52. The number of rotatable bonds is 13. The van der Waals surface area contributed by atoms with Crippen molar-refractivity contribution in [3.8, 4) is 0 Å². The minimum Gasteiger partial charge on any atom is -0.444 e. The van der Waals surface area contributed by atoms with Gasteiger partial charge in [-0.1, -0.05) is 34.1 Å². The topological polar surface area (TPSA) is 152 Å². The average Bonchev–Trinajstić information content (AvgIpc) is 2.66. The highest BCUT2D eigenvalue weighted by atomic mass is 16.6. The lowest BCUT2D eigenvalue weighted by molar-refractivity contribution is -0.133. The molecular weight excluding hydrogens is 426 g/mol. The van der Waals surface area contributed by atoms with Crippen molar-refractivity contribution in [2.45, 2.75) is 105 Å². The number of hydrazine groups is 1. The van der Waals surface area contributed by atoms with Crippen molar-refractivity contribution < 1.29 is 23.9 Å². The third-order valence-corrected chi connectivity index (χ3v) is 4.49. The first kappa shape index (κ1) is 30.6. The van der Waals surface area contributed by atoms with Crippen LogP contribution in [0, 0.1) is 11.8 Å². The van der Waals surface area contributed by atoms with E-state index >= 15 is 0 Å². The van der Waals surface area contributed by atoms with Crippen LogP contribution in [0.25, 0.3) is 0 Å². The summed E-state index contributed by atoms with van der Waals surface area (Å²) in [4.78, 5) is 49.8. The van der Waals surface area contributed by atoms with Gasteiger partial charge >= 0.3 is 6.09 Å². The number of nitrogens with two attached hydrogens (primary N) is 1. The molecule has 33 heavy (non-hydrogen) atoms. The van der Waals surface area contributed by atoms with Gasteiger partial charge in [0.25, 0.3) is 5.91 Å². The first-order valence-electron chi connectivity index (χ1n) is 11.8. The number of ether oxygens (including phenoxy) is 1. The van der Waals surface area contributed by atoms with Gasteiger partial charge in [-0.25, -0.2) is 4.79 Å². The van der Waals surface area contributed by atoms with Crippen LogP contribution in [-0.4, -0.2) is 48.0 Å². The van der Waals surface area contributed by atoms with Gasteiger partial charge in [-0.3, -0.25) is 25.2 Å². The van der Waals surface area contributed by atoms with Crippen molar-refractivity contribution in [1.82, 2.24) is 21.5 Å². The van der Waals surface area contributed by atoms with Crippen molar-refractivity contribution in [2.24, 2.45) is 17.6 Å². The second-order valence-electron chi connectivity index (χ2n) is 10.2. The maximum atomic E-state index is 13.0. The molecule has 0 radical (unpaired) electrons. The molecule has 0 aliphatic heterocycles. The van der Waals surface area contributed by atoms with Gasteiger partial charge in [0.2, 0.25) is 11.8 Å². The Morgan fingerprint density at radius 2 is 1.33 bits per heavy atom. The highest BCUT2D eigenvalue weighted by molar-refractivity contribution is 5.92. The molecule has 0 rings (SSSR count). The lowest BCUT2D eigenvalue weighted by Crippen LogP contribution is -2.57. The monoisotopic (exact) mass is 471 g/mol. The Bertz CT molecular complexity index is 631. The summed E-state index contributed by atoms with van der Waals surface area (Å²) in [5, 5.41) is 5.32. The van der Waals surface area contributed by atoms with Crippen molar-refractivity contribution in [3.63, 3.8) is 0 Å². The first-order valence-corrected chi connectivity index (χ1v) is 11.8. The second kappa shape index (κ2) is 15.5. The Hall–Kier alpha value is -2.36. The van der Waals surface area contributed by atoms with E-state index in [0.29, 0.717) is 25.8 Å². The average molecular weight is 472 g/mol. The van der Waals surface area contributed by atoms with Gasteiger partial charge in [0, 0.05) is 6.42 Å². The quantitative estimate of drug-likeness (QED) is 0.205. The zero-order chi connectivity index (χ0) is 25.6. The maximum absolute atomic E-state index is 13.0. The molecule has 0 bridgehead atoms. The molecule has 192 valence electrons. The second-order valence-corrected chi connectivity index (χ2v) is 10.2. The van der Waals surface area contributed by atoms with Crippen molar-refractivity contribution in [3.05, 3.63) is 0 Å². The summed E-state index contributed by atoms with van der Waals surface area (Å²) >= 11 is 0. The smallest absolute Gasteiger partial charge is 0.408 e. The largest absolute Gasteiger partial charge is 0.444 e. The molecule has 0 spiro atoms. The number of amides is 4. The van der Waals surface area contributed by atoms with Crippen molar-refractivity contribution in [1.29, 1.82) is 0 Å². The number of alkyl carbamates (subject to hydrolysis) is 1. The third kappa shape index (κ3) is 16.0. The van der Waals surface area contributed by atoms with Crippen LogP contribution < -0.4 is 27.2 Å². The van der Waals surface area contributed by atoms with E-state index in [1.807, 2.05) is 27.7 Å². The van der Waals surface area contributed by atoms with E-state index < -0.39 is 35.6 Å². The number of carbonyl (C=O) groups is 4. The summed E-state index contributed by atoms with van der Waals surface area (Å²) in [6.07, 6.45) is 2.68. The Morgan fingerprint density at radius 3 is 1.82 bits per heavy atom. The molecule has 10 heteroatoms. The standard InChI is InChI=1S/C23H45N5O5/c1-15(2)13-17(26-22(32)33-23(5,6)7)20(30)25-18(14-16(3)4)21(31)28-27-19(29)11-9-8-10-12-24/h15-18H,8-14,24H2,1-7H3,(H,25,30)(H,26,32)(H,27,29)(H,28,31)/t17-,18+/m0/s1. The summed E-state index contributed by atoms with van der Waals surface area (Å²) in [5.74, 6) is -1.09. The first-order chi connectivity index (χ1) is 15.2. The zero-order valence-corrected chi connectivity index (χ0v) is 21.4. The normalized spacial score (nSPS) is 13.3. The molecule has 0 aromatic carbocycles. The van der Waals surface area contributed by atoms with E-state index in [1.165, 1.54) is 0 Å². The molecule has 0 fully saturated rings. The third-order valence-electron chi connectivity index (χ3n) is 4.49. The SMILES string of the molecule is CC(C)C[C@H](NC(=O)OC(C)(C)C)C(=O)N[C@H](CC(C)C)C(=O)NNC(=O)CCCCCN. The number of nitrogens with one attached hydrogen (secondary N) is 4. The molecule has 10 nitrogen and oxygen atoms in total. The van der Waals surface area contributed by atoms with Crippen LogP contribution in [0.4, 0.5) is 4.79 Å². The van der Waals surface area contributed by atoms with Gasteiger partial charge in [0.15, 0.2) is 0 Å². The van der Waals surface area contributed by atoms with Crippen LogP contribution in [0.15, 0.2) is 0 Å². The van der Waals surface area contributed by atoms with Crippen LogP contribution in [0.5, 0.6) is 0 Å². The lowest BCUT2D eigenvalue weighted by atomic mass is 10.0.